The molecule has 0 aliphatic heterocycles. The van der Waals surface area contributed by atoms with E-state index in [9.17, 15) is 14.0 Å². The molecule has 1 amide bonds. The molecular formula is C16H12FNO3S. The van der Waals surface area contributed by atoms with Gasteiger partial charge in [0.25, 0.3) is 0 Å². The zero-order chi connectivity index (χ0) is 15.5. The molecule has 0 radical (unpaired) electrons. The smallest absolute Gasteiger partial charge is 0.336 e. The molecule has 0 aliphatic rings. The number of hydrogen-bond donors (Lipinski definition) is 1. The second-order valence-corrected chi connectivity index (χ2v) is 5.80. The standard InChI is InChI=1S/C16H12FNO3S/c17-11-3-4-14-13(7-11)10(6-16(20)21-14)9-18-15(19)8-12-2-1-5-22-12/h1-7H,8-9H2,(H,18,19). The van der Waals surface area contributed by atoms with Gasteiger partial charge in [-0.05, 0) is 35.2 Å². The Morgan fingerprint density at radius 3 is 2.91 bits per heavy atom. The fraction of sp³-hybridized carbons (Fsp3) is 0.125. The average molecular weight is 317 g/mol. The summed E-state index contributed by atoms with van der Waals surface area (Å²) in [6.45, 7) is 0.149. The molecule has 22 heavy (non-hydrogen) atoms. The van der Waals surface area contributed by atoms with Crippen LogP contribution < -0.4 is 10.9 Å². The van der Waals surface area contributed by atoms with Gasteiger partial charge in [-0.1, -0.05) is 6.07 Å². The van der Waals surface area contributed by atoms with Crippen molar-refractivity contribution in [1.29, 1.82) is 0 Å². The topological polar surface area (TPSA) is 59.3 Å². The van der Waals surface area contributed by atoms with E-state index in [2.05, 4.69) is 5.32 Å². The van der Waals surface area contributed by atoms with Crippen LogP contribution in [0.3, 0.4) is 0 Å². The first-order valence-electron chi connectivity index (χ1n) is 6.63. The number of rotatable bonds is 4. The minimum Gasteiger partial charge on any atom is -0.423 e. The Bertz CT molecular complexity index is 871. The van der Waals surface area contributed by atoms with Gasteiger partial charge in [-0.15, -0.1) is 11.3 Å². The summed E-state index contributed by atoms with van der Waals surface area (Å²) in [5, 5.41) is 5.13. The Labute approximate surface area is 129 Å². The van der Waals surface area contributed by atoms with Crippen molar-refractivity contribution >= 4 is 28.2 Å². The Kier molecular flexibility index (Phi) is 4.02. The number of thiophene rings is 1. The maximum atomic E-state index is 13.4. The quantitative estimate of drug-likeness (QED) is 0.753. The predicted octanol–water partition coefficient (Wildman–Crippen LogP) is 2.85. The van der Waals surface area contributed by atoms with Crippen molar-refractivity contribution in [3.8, 4) is 0 Å². The largest absolute Gasteiger partial charge is 0.423 e. The Balaban J connectivity index is 1.80. The highest BCUT2D eigenvalue weighted by Gasteiger charge is 2.09. The van der Waals surface area contributed by atoms with E-state index in [0.717, 1.165) is 4.88 Å². The third kappa shape index (κ3) is 3.23. The summed E-state index contributed by atoms with van der Waals surface area (Å²) < 4.78 is 18.4. The number of fused-ring (bicyclic) bond motifs is 1. The van der Waals surface area contributed by atoms with Crippen LogP contribution in [0.5, 0.6) is 0 Å². The number of carbonyl (C=O) groups is 1. The van der Waals surface area contributed by atoms with Crippen LogP contribution in [0.4, 0.5) is 4.39 Å². The molecule has 6 heteroatoms. The molecule has 0 saturated heterocycles. The lowest BCUT2D eigenvalue weighted by molar-refractivity contribution is -0.120. The van der Waals surface area contributed by atoms with E-state index >= 15 is 0 Å². The van der Waals surface area contributed by atoms with Crippen LogP contribution >= 0.6 is 11.3 Å². The van der Waals surface area contributed by atoms with Crippen LogP contribution in [0.1, 0.15) is 10.4 Å². The first-order chi connectivity index (χ1) is 10.6. The van der Waals surface area contributed by atoms with Crippen LogP contribution in [0.25, 0.3) is 11.0 Å². The summed E-state index contributed by atoms with van der Waals surface area (Å²) in [6.07, 6.45) is 0.283. The molecule has 0 bridgehead atoms. The van der Waals surface area contributed by atoms with E-state index in [1.807, 2.05) is 17.5 Å². The van der Waals surface area contributed by atoms with Gasteiger partial charge in [-0.2, -0.15) is 0 Å². The third-order valence-corrected chi connectivity index (χ3v) is 4.06. The fourth-order valence-electron chi connectivity index (χ4n) is 2.17. The van der Waals surface area contributed by atoms with E-state index in [1.54, 1.807) is 0 Å². The van der Waals surface area contributed by atoms with Crippen LogP contribution in [0.15, 0.2) is 51.0 Å². The first kappa shape index (κ1) is 14.5. The first-order valence-corrected chi connectivity index (χ1v) is 7.51. The summed E-state index contributed by atoms with van der Waals surface area (Å²) in [5.41, 5.74) is 0.309. The zero-order valence-electron chi connectivity index (χ0n) is 11.5. The lowest BCUT2D eigenvalue weighted by Gasteiger charge is -2.07. The highest BCUT2D eigenvalue weighted by molar-refractivity contribution is 7.10. The van der Waals surface area contributed by atoms with E-state index in [0.29, 0.717) is 16.5 Å². The molecule has 0 saturated carbocycles. The molecule has 1 N–H and O–H groups in total. The lowest BCUT2D eigenvalue weighted by Crippen LogP contribution is -2.24. The Hall–Kier alpha value is -2.47. The predicted molar refractivity (Wildman–Crippen MR) is 82.3 cm³/mol. The Morgan fingerprint density at radius 1 is 1.27 bits per heavy atom. The van der Waals surface area contributed by atoms with Gasteiger partial charge in [0.2, 0.25) is 5.91 Å². The van der Waals surface area contributed by atoms with Crippen LogP contribution in [-0.4, -0.2) is 5.91 Å². The second-order valence-electron chi connectivity index (χ2n) is 4.76. The molecule has 0 atom stereocenters. The van der Waals surface area contributed by atoms with E-state index in [4.69, 9.17) is 4.42 Å². The van der Waals surface area contributed by atoms with Crippen molar-refractivity contribution in [3.05, 3.63) is 68.5 Å². The number of halogens is 1. The highest BCUT2D eigenvalue weighted by Crippen LogP contribution is 2.18. The zero-order valence-corrected chi connectivity index (χ0v) is 12.3. The third-order valence-electron chi connectivity index (χ3n) is 3.18. The number of hydrogen-bond acceptors (Lipinski definition) is 4. The van der Waals surface area contributed by atoms with E-state index < -0.39 is 11.4 Å². The Morgan fingerprint density at radius 2 is 2.14 bits per heavy atom. The number of nitrogens with one attached hydrogen (secondary N) is 1. The molecule has 3 aromatic rings. The molecule has 0 fully saturated rings. The van der Waals surface area contributed by atoms with Gasteiger partial charge in [-0.3, -0.25) is 4.79 Å². The molecule has 112 valence electrons. The lowest BCUT2D eigenvalue weighted by atomic mass is 10.1. The summed E-state index contributed by atoms with van der Waals surface area (Å²) in [5.74, 6) is -0.576. The molecule has 0 spiro atoms. The highest BCUT2D eigenvalue weighted by atomic mass is 32.1. The molecule has 0 unspecified atom stereocenters. The van der Waals surface area contributed by atoms with Gasteiger partial charge in [0.05, 0.1) is 6.42 Å². The molecule has 1 aromatic carbocycles. The minimum absolute atomic E-state index is 0.149. The summed E-state index contributed by atoms with van der Waals surface area (Å²) in [7, 11) is 0. The normalized spacial score (nSPS) is 10.8. The van der Waals surface area contributed by atoms with E-state index in [-0.39, 0.29) is 18.9 Å². The van der Waals surface area contributed by atoms with Gasteiger partial charge in [0, 0.05) is 22.9 Å². The average Bonchev–Trinajstić information content (AvgIpc) is 2.98. The van der Waals surface area contributed by atoms with Crippen LogP contribution in [-0.2, 0) is 17.8 Å². The van der Waals surface area contributed by atoms with Crippen molar-refractivity contribution < 1.29 is 13.6 Å². The maximum absolute atomic E-state index is 13.4. The second kappa shape index (κ2) is 6.11. The monoisotopic (exact) mass is 317 g/mol. The van der Waals surface area contributed by atoms with E-state index in [1.165, 1.54) is 35.6 Å². The van der Waals surface area contributed by atoms with Crippen molar-refractivity contribution in [2.24, 2.45) is 0 Å². The van der Waals surface area contributed by atoms with Crippen molar-refractivity contribution in [3.63, 3.8) is 0 Å². The minimum atomic E-state index is -0.526. The number of carbonyl (C=O) groups excluding carboxylic acids is 1. The maximum Gasteiger partial charge on any atom is 0.336 e. The molecule has 2 aromatic heterocycles. The van der Waals surface area contributed by atoms with Gasteiger partial charge in [0.1, 0.15) is 11.4 Å². The number of benzene rings is 1. The summed E-state index contributed by atoms with van der Waals surface area (Å²) in [6, 6.07) is 8.96. The molecule has 3 rings (SSSR count). The van der Waals surface area contributed by atoms with Crippen LogP contribution in [0.2, 0.25) is 0 Å². The van der Waals surface area contributed by atoms with Gasteiger partial charge in [0.15, 0.2) is 0 Å². The molecular weight excluding hydrogens is 305 g/mol. The van der Waals surface area contributed by atoms with Crippen molar-refractivity contribution in [1.82, 2.24) is 5.32 Å². The van der Waals surface area contributed by atoms with Gasteiger partial charge in [-0.25, -0.2) is 9.18 Å². The van der Waals surface area contributed by atoms with Gasteiger partial charge >= 0.3 is 5.63 Å². The number of amides is 1. The van der Waals surface area contributed by atoms with Crippen molar-refractivity contribution in [2.45, 2.75) is 13.0 Å². The summed E-state index contributed by atoms with van der Waals surface area (Å²) in [4.78, 5) is 24.4. The summed E-state index contributed by atoms with van der Waals surface area (Å²) >= 11 is 1.50. The molecule has 0 aliphatic carbocycles. The SMILES string of the molecule is O=C(Cc1cccs1)NCc1cc(=O)oc2ccc(F)cc12. The van der Waals surface area contributed by atoms with Crippen LogP contribution in [0, 0.1) is 5.82 Å². The van der Waals surface area contributed by atoms with Gasteiger partial charge < -0.3 is 9.73 Å². The molecule has 2 heterocycles. The molecule has 4 nitrogen and oxygen atoms in total. The van der Waals surface area contributed by atoms with Crippen molar-refractivity contribution in [2.75, 3.05) is 0 Å². The fourth-order valence-corrected chi connectivity index (χ4v) is 2.88.